The third-order valence-corrected chi connectivity index (χ3v) is 7.08. The van der Waals surface area contributed by atoms with Crippen molar-refractivity contribution in [3.8, 4) is 5.75 Å². The van der Waals surface area contributed by atoms with Crippen LogP contribution in [0.15, 0.2) is 41.3 Å². The van der Waals surface area contributed by atoms with Crippen molar-refractivity contribution in [2.75, 3.05) is 6.61 Å². The number of hydrogen-bond acceptors (Lipinski definition) is 5. The average molecular weight is 488 g/mol. The Morgan fingerprint density at radius 2 is 1.88 bits per heavy atom. The van der Waals surface area contributed by atoms with Crippen LogP contribution < -0.4 is 9.46 Å². The monoisotopic (exact) mass is 487 g/mol. The van der Waals surface area contributed by atoms with Gasteiger partial charge in [-0.25, -0.2) is 13.1 Å². The molecule has 0 amide bonds. The molecule has 0 spiro atoms. The number of rotatable bonds is 7. The molecule has 2 aromatic rings. The summed E-state index contributed by atoms with van der Waals surface area (Å²) in [6.45, 7) is 3.06. The number of hydrogen-bond donors (Lipinski definition) is 3. The SMILES string of the molecule is CC(C)c1cc(C(F)(F)F)cc(S(=O)(=O)NC2CCCCc3c(OCC(O)O)cccc32)c1. The normalized spacial score (nSPS) is 17.2. The minimum absolute atomic E-state index is 0.282. The second-order valence-corrected chi connectivity index (χ2v) is 10.2. The van der Waals surface area contributed by atoms with Crippen LogP contribution in [0.25, 0.3) is 0 Å². The zero-order chi connectivity index (χ0) is 24.4. The minimum Gasteiger partial charge on any atom is -0.488 e. The summed E-state index contributed by atoms with van der Waals surface area (Å²) in [4.78, 5) is -0.428. The van der Waals surface area contributed by atoms with Crippen molar-refractivity contribution >= 4 is 10.0 Å². The Kier molecular flexibility index (Phi) is 7.73. The second kappa shape index (κ2) is 10.0. The van der Waals surface area contributed by atoms with E-state index in [0.29, 0.717) is 36.6 Å². The molecule has 10 heteroatoms. The second-order valence-electron chi connectivity index (χ2n) is 8.48. The Balaban J connectivity index is 1.98. The van der Waals surface area contributed by atoms with Crippen molar-refractivity contribution < 1.29 is 36.5 Å². The predicted molar refractivity (Wildman–Crippen MR) is 116 cm³/mol. The summed E-state index contributed by atoms with van der Waals surface area (Å²) in [5.41, 5.74) is 0.686. The summed E-state index contributed by atoms with van der Waals surface area (Å²) in [7, 11) is -4.27. The quantitative estimate of drug-likeness (QED) is 0.401. The van der Waals surface area contributed by atoms with E-state index >= 15 is 0 Å². The number of aliphatic hydroxyl groups excluding tert-OH is 1. The van der Waals surface area contributed by atoms with Gasteiger partial charge in [-0.1, -0.05) is 32.4 Å². The number of sulfonamides is 1. The first-order valence-electron chi connectivity index (χ1n) is 10.7. The molecular weight excluding hydrogens is 459 g/mol. The van der Waals surface area contributed by atoms with Crippen LogP contribution in [0, 0.1) is 0 Å². The smallest absolute Gasteiger partial charge is 0.416 e. The lowest BCUT2D eigenvalue weighted by Gasteiger charge is -2.22. The first kappa shape index (κ1) is 25.5. The zero-order valence-corrected chi connectivity index (χ0v) is 19.2. The fourth-order valence-corrected chi connectivity index (χ4v) is 5.26. The van der Waals surface area contributed by atoms with Crippen LogP contribution in [0.2, 0.25) is 0 Å². The summed E-state index contributed by atoms with van der Waals surface area (Å²) in [6.07, 6.45) is -3.80. The van der Waals surface area contributed by atoms with Gasteiger partial charge in [0.25, 0.3) is 0 Å². The molecule has 0 fully saturated rings. The Morgan fingerprint density at radius 3 is 2.52 bits per heavy atom. The Hall–Kier alpha value is -2.14. The standard InChI is InChI=1S/C23H28F3NO5S/c1-14(2)15-10-16(23(24,25)26)12-17(11-15)33(30,31)27-20-8-4-3-6-19-18(20)7-5-9-21(19)32-13-22(28)29/h5,7,9-12,14,20,22,27-29H,3-4,6,8,13H2,1-2H3. The van der Waals surface area contributed by atoms with Gasteiger partial charge in [0, 0.05) is 6.04 Å². The summed E-state index contributed by atoms with van der Waals surface area (Å²) in [5.74, 6) is 0.134. The van der Waals surface area contributed by atoms with Crippen LogP contribution in [-0.2, 0) is 22.6 Å². The van der Waals surface area contributed by atoms with Gasteiger partial charge in [-0.2, -0.15) is 13.2 Å². The molecule has 33 heavy (non-hydrogen) atoms. The van der Waals surface area contributed by atoms with Crippen LogP contribution in [0.1, 0.15) is 67.3 Å². The van der Waals surface area contributed by atoms with Gasteiger partial charge in [-0.3, -0.25) is 0 Å². The first-order valence-corrected chi connectivity index (χ1v) is 12.2. The van der Waals surface area contributed by atoms with Gasteiger partial charge >= 0.3 is 6.18 Å². The van der Waals surface area contributed by atoms with Crippen LogP contribution in [0.4, 0.5) is 13.2 Å². The summed E-state index contributed by atoms with van der Waals surface area (Å²) >= 11 is 0. The molecule has 0 aromatic heterocycles. The summed E-state index contributed by atoms with van der Waals surface area (Å²) < 4.78 is 74.7. The molecule has 182 valence electrons. The fourth-order valence-electron chi connectivity index (χ4n) is 3.93. The number of alkyl halides is 3. The van der Waals surface area contributed by atoms with Crippen molar-refractivity contribution in [3.05, 3.63) is 58.7 Å². The number of nitrogens with one attached hydrogen (secondary N) is 1. The van der Waals surface area contributed by atoms with Gasteiger partial charge in [-0.05, 0) is 66.1 Å². The van der Waals surface area contributed by atoms with Crippen LogP contribution in [0.3, 0.4) is 0 Å². The maximum absolute atomic E-state index is 13.4. The zero-order valence-electron chi connectivity index (χ0n) is 18.4. The van der Waals surface area contributed by atoms with Gasteiger partial charge in [-0.15, -0.1) is 0 Å². The van der Waals surface area contributed by atoms with E-state index in [1.165, 1.54) is 6.07 Å². The van der Waals surface area contributed by atoms with Crippen molar-refractivity contribution in [2.45, 2.75) is 68.9 Å². The Labute approximate surface area is 191 Å². The van der Waals surface area contributed by atoms with Gasteiger partial charge < -0.3 is 14.9 Å². The average Bonchev–Trinajstić information content (AvgIpc) is 2.93. The lowest BCUT2D eigenvalue weighted by molar-refractivity contribution is -0.137. The molecule has 0 aliphatic heterocycles. The van der Waals surface area contributed by atoms with Crippen LogP contribution in [0.5, 0.6) is 5.75 Å². The van der Waals surface area contributed by atoms with Crippen LogP contribution in [-0.4, -0.2) is 31.5 Å². The number of aliphatic hydroxyl groups is 2. The molecule has 1 aliphatic carbocycles. The molecule has 6 nitrogen and oxygen atoms in total. The third-order valence-electron chi connectivity index (χ3n) is 5.63. The topological polar surface area (TPSA) is 95.9 Å². The van der Waals surface area contributed by atoms with E-state index in [1.807, 2.05) is 0 Å². The number of halogens is 3. The minimum atomic E-state index is -4.67. The maximum atomic E-state index is 13.4. The lowest BCUT2D eigenvalue weighted by Crippen LogP contribution is -2.29. The van der Waals surface area contributed by atoms with Crippen molar-refractivity contribution in [1.29, 1.82) is 0 Å². The molecule has 3 N–H and O–H groups in total. The number of fused-ring (bicyclic) bond motifs is 1. The van der Waals surface area contributed by atoms with E-state index in [9.17, 15) is 21.6 Å². The predicted octanol–water partition coefficient (Wildman–Crippen LogP) is 4.26. The van der Waals surface area contributed by atoms with Crippen molar-refractivity contribution in [2.24, 2.45) is 0 Å². The molecule has 1 atom stereocenters. The molecule has 1 unspecified atom stereocenters. The summed E-state index contributed by atoms with van der Waals surface area (Å²) in [6, 6.07) is 7.35. The molecular formula is C23H28F3NO5S. The van der Waals surface area contributed by atoms with E-state index in [4.69, 9.17) is 14.9 Å². The molecule has 3 rings (SSSR count). The van der Waals surface area contributed by atoms with E-state index in [-0.39, 0.29) is 18.1 Å². The molecule has 0 bridgehead atoms. The Bertz CT molecular complexity index is 1080. The van der Waals surface area contributed by atoms with Gasteiger partial charge in [0.15, 0.2) is 6.29 Å². The van der Waals surface area contributed by atoms with Gasteiger partial charge in [0.05, 0.1) is 10.5 Å². The van der Waals surface area contributed by atoms with Crippen molar-refractivity contribution in [1.82, 2.24) is 4.72 Å². The number of benzene rings is 2. The van der Waals surface area contributed by atoms with E-state index < -0.39 is 39.0 Å². The largest absolute Gasteiger partial charge is 0.488 e. The van der Waals surface area contributed by atoms with E-state index in [2.05, 4.69) is 4.72 Å². The highest BCUT2D eigenvalue weighted by molar-refractivity contribution is 7.89. The van der Waals surface area contributed by atoms with Crippen molar-refractivity contribution in [3.63, 3.8) is 0 Å². The maximum Gasteiger partial charge on any atom is 0.416 e. The van der Waals surface area contributed by atoms with E-state index in [1.54, 1.807) is 32.0 Å². The van der Waals surface area contributed by atoms with E-state index in [0.717, 1.165) is 18.1 Å². The van der Waals surface area contributed by atoms with Crippen LogP contribution >= 0.6 is 0 Å². The molecule has 2 aromatic carbocycles. The van der Waals surface area contributed by atoms with Gasteiger partial charge in [0.1, 0.15) is 12.4 Å². The molecule has 0 saturated carbocycles. The fraction of sp³-hybridized carbons (Fsp3) is 0.478. The highest BCUT2D eigenvalue weighted by Crippen LogP contribution is 2.37. The molecule has 0 radical (unpaired) electrons. The molecule has 1 aliphatic rings. The summed E-state index contributed by atoms with van der Waals surface area (Å²) in [5, 5.41) is 18.2. The lowest BCUT2D eigenvalue weighted by atomic mass is 9.99. The van der Waals surface area contributed by atoms with Gasteiger partial charge in [0.2, 0.25) is 10.0 Å². The Morgan fingerprint density at radius 1 is 1.15 bits per heavy atom. The number of ether oxygens (including phenoxy) is 1. The third kappa shape index (κ3) is 6.26. The molecule has 0 saturated heterocycles. The highest BCUT2D eigenvalue weighted by atomic mass is 32.2. The molecule has 0 heterocycles. The highest BCUT2D eigenvalue weighted by Gasteiger charge is 2.34. The first-order chi connectivity index (χ1) is 15.4.